The molecule has 0 unspecified atom stereocenters. The summed E-state index contributed by atoms with van der Waals surface area (Å²) < 4.78 is 18.8. The number of aromatic nitrogens is 7. The molecule has 0 radical (unpaired) electrons. The summed E-state index contributed by atoms with van der Waals surface area (Å²) in [4.78, 5) is 18.6. The summed E-state index contributed by atoms with van der Waals surface area (Å²) in [5.41, 5.74) is 2.77. The molecule has 0 saturated carbocycles. The molecule has 228 valence electrons. The van der Waals surface area contributed by atoms with E-state index in [0.29, 0.717) is 54.3 Å². The Hall–Kier alpha value is -4.87. The number of anilines is 3. The second-order valence-corrected chi connectivity index (χ2v) is 10.6. The van der Waals surface area contributed by atoms with E-state index in [0.717, 1.165) is 69.2 Å². The van der Waals surface area contributed by atoms with Crippen LogP contribution in [0.3, 0.4) is 0 Å². The monoisotopic (exact) mass is 597 g/mol. The van der Waals surface area contributed by atoms with E-state index >= 15 is 0 Å². The molecule has 0 amide bonds. The van der Waals surface area contributed by atoms with Crippen LogP contribution in [0.4, 0.5) is 17.5 Å². The molecule has 1 N–H and O–H groups in total. The third-order valence-electron chi connectivity index (χ3n) is 7.94. The van der Waals surface area contributed by atoms with Crippen molar-refractivity contribution >= 4 is 17.5 Å². The molecule has 5 heterocycles. The molecule has 2 fully saturated rings. The fourth-order valence-electron chi connectivity index (χ4n) is 5.53. The van der Waals surface area contributed by atoms with Crippen LogP contribution in [0.2, 0.25) is 0 Å². The highest BCUT2D eigenvalue weighted by Gasteiger charge is 2.26. The van der Waals surface area contributed by atoms with Crippen molar-refractivity contribution in [3.63, 3.8) is 0 Å². The number of benzene rings is 1. The number of piperidine rings is 1. The van der Waals surface area contributed by atoms with E-state index in [-0.39, 0.29) is 0 Å². The van der Waals surface area contributed by atoms with Crippen LogP contribution in [0.15, 0.2) is 49.2 Å². The van der Waals surface area contributed by atoms with E-state index < -0.39 is 0 Å². The van der Waals surface area contributed by atoms with Crippen LogP contribution in [0.5, 0.6) is 11.5 Å². The minimum absolute atomic E-state index is 0.415. The zero-order valence-corrected chi connectivity index (χ0v) is 24.7. The average Bonchev–Trinajstić information content (AvgIpc) is 3.61. The van der Waals surface area contributed by atoms with Crippen LogP contribution >= 0.6 is 0 Å². The molecular formula is C30H35N11O3. The van der Waals surface area contributed by atoms with Gasteiger partial charge in [-0.25, -0.2) is 19.6 Å². The second kappa shape index (κ2) is 14.1. The van der Waals surface area contributed by atoms with Crippen molar-refractivity contribution in [1.82, 2.24) is 40.1 Å². The molecule has 0 aliphatic carbocycles. The number of tetrazole rings is 1. The summed E-state index contributed by atoms with van der Waals surface area (Å²) in [7, 11) is 1.65. The fourth-order valence-corrected chi connectivity index (χ4v) is 5.53. The van der Waals surface area contributed by atoms with Crippen molar-refractivity contribution in [3.05, 3.63) is 54.7 Å². The van der Waals surface area contributed by atoms with Gasteiger partial charge in [0.25, 0.3) is 0 Å². The molecule has 44 heavy (non-hydrogen) atoms. The van der Waals surface area contributed by atoms with Crippen LogP contribution in [-0.2, 0) is 11.3 Å². The van der Waals surface area contributed by atoms with Gasteiger partial charge in [-0.05, 0) is 41.0 Å². The first-order valence-corrected chi connectivity index (χ1v) is 14.8. The van der Waals surface area contributed by atoms with Gasteiger partial charge >= 0.3 is 0 Å². The zero-order chi connectivity index (χ0) is 30.1. The number of nitriles is 1. The Labute approximate surface area is 255 Å². The minimum atomic E-state index is 0.415. The van der Waals surface area contributed by atoms with Gasteiger partial charge in [0.1, 0.15) is 35.4 Å². The maximum absolute atomic E-state index is 9.54. The maximum Gasteiger partial charge on any atom is 0.227 e. The highest BCUT2D eigenvalue weighted by atomic mass is 16.5. The minimum Gasteiger partial charge on any atom is -0.494 e. The van der Waals surface area contributed by atoms with Gasteiger partial charge in [0, 0.05) is 69.2 Å². The summed E-state index contributed by atoms with van der Waals surface area (Å²) in [5, 5.41) is 23.9. The summed E-state index contributed by atoms with van der Waals surface area (Å²) >= 11 is 0. The van der Waals surface area contributed by atoms with Gasteiger partial charge in [0.15, 0.2) is 0 Å². The lowest BCUT2D eigenvalue weighted by atomic mass is 10.0. The molecule has 0 bridgehead atoms. The number of morpholine rings is 1. The highest BCUT2D eigenvalue weighted by Crippen LogP contribution is 2.32. The third-order valence-corrected chi connectivity index (χ3v) is 7.94. The Balaban J connectivity index is 1.07. The van der Waals surface area contributed by atoms with Crippen LogP contribution < -0.4 is 19.7 Å². The molecule has 4 aromatic rings. The predicted octanol–water partition coefficient (Wildman–Crippen LogP) is 2.92. The van der Waals surface area contributed by atoms with Gasteiger partial charge in [0.2, 0.25) is 5.95 Å². The number of ether oxygens (including phenoxy) is 3. The fraction of sp³-hybridized carbons (Fsp3) is 0.433. The van der Waals surface area contributed by atoms with Gasteiger partial charge < -0.3 is 24.4 Å². The number of aryl methyl sites for hydroxylation is 1. The lowest BCUT2D eigenvalue weighted by molar-refractivity contribution is 0.0115. The number of hydrogen-bond acceptors (Lipinski definition) is 13. The molecule has 6 rings (SSSR count). The first-order chi connectivity index (χ1) is 21.7. The largest absolute Gasteiger partial charge is 0.494 e. The number of pyridine rings is 1. The molecule has 14 heteroatoms. The van der Waals surface area contributed by atoms with E-state index in [1.54, 1.807) is 42.8 Å². The summed E-state index contributed by atoms with van der Waals surface area (Å²) in [6.07, 6.45) is 9.69. The number of nitrogens with one attached hydrogen (secondary N) is 1. The van der Waals surface area contributed by atoms with Crippen molar-refractivity contribution in [3.8, 4) is 28.7 Å². The molecular weight excluding hydrogens is 562 g/mol. The Morgan fingerprint density at radius 1 is 1.00 bits per heavy atom. The van der Waals surface area contributed by atoms with Crippen molar-refractivity contribution < 1.29 is 14.2 Å². The molecule has 0 atom stereocenters. The van der Waals surface area contributed by atoms with Crippen molar-refractivity contribution in [2.45, 2.75) is 31.8 Å². The van der Waals surface area contributed by atoms with Gasteiger partial charge in [-0.3, -0.25) is 4.90 Å². The lowest BCUT2D eigenvalue weighted by Gasteiger charge is -2.40. The van der Waals surface area contributed by atoms with E-state index in [1.807, 2.05) is 18.2 Å². The molecule has 2 aliphatic heterocycles. The molecule has 3 aromatic heterocycles. The summed E-state index contributed by atoms with van der Waals surface area (Å²) in [5.74, 6) is 2.50. The molecule has 0 spiro atoms. The average molecular weight is 598 g/mol. The Morgan fingerprint density at radius 3 is 2.55 bits per heavy atom. The number of hydrogen-bond donors (Lipinski definition) is 1. The Morgan fingerprint density at radius 2 is 1.82 bits per heavy atom. The van der Waals surface area contributed by atoms with Gasteiger partial charge in [-0.1, -0.05) is 6.07 Å². The molecule has 2 saturated heterocycles. The normalized spacial score (nSPS) is 16.0. The van der Waals surface area contributed by atoms with Gasteiger partial charge in [0.05, 0.1) is 38.7 Å². The SMILES string of the molecule is COc1cc(N2CCC(N3CCOCC3)CC2)ncc1Nc1ncc(-c2ccc(C#N)c(OCCCn3cnnn3)c2)cn1. The van der Waals surface area contributed by atoms with Crippen LogP contribution in [0, 0.1) is 11.3 Å². The van der Waals surface area contributed by atoms with E-state index in [1.165, 1.54) is 0 Å². The van der Waals surface area contributed by atoms with Gasteiger partial charge in [-0.15, -0.1) is 5.10 Å². The number of methoxy groups -OCH3 is 1. The summed E-state index contributed by atoms with van der Waals surface area (Å²) in [6, 6.07) is 10.2. The molecule has 14 nitrogen and oxygen atoms in total. The zero-order valence-electron chi connectivity index (χ0n) is 24.7. The lowest BCUT2D eigenvalue weighted by Crippen LogP contribution is -2.49. The number of rotatable bonds is 11. The Bertz CT molecular complexity index is 1550. The van der Waals surface area contributed by atoms with E-state index in [9.17, 15) is 5.26 Å². The van der Waals surface area contributed by atoms with Crippen LogP contribution in [-0.4, -0.2) is 99.2 Å². The quantitative estimate of drug-likeness (QED) is 0.252. The highest BCUT2D eigenvalue weighted by molar-refractivity contribution is 5.68. The van der Waals surface area contributed by atoms with Crippen LogP contribution in [0.25, 0.3) is 11.1 Å². The molecule has 2 aliphatic rings. The summed E-state index contributed by atoms with van der Waals surface area (Å²) in [6.45, 7) is 6.65. The first kappa shape index (κ1) is 29.2. The van der Waals surface area contributed by atoms with Crippen molar-refractivity contribution in [2.24, 2.45) is 0 Å². The maximum atomic E-state index is 9.54. The standard InChI is InChI=1S/C30H35N11O3/c1-42-28-16-29(40-8-5-25(6-9-40)39-10-13-43-14-11-39)32-20-26(28)36-30-33-18-24(19-34-30)22-3-4-23(17-31)27(15-22)44-12-2-7-41-21-35-37-38-41/h3-4,15-16,18-21,25H,2,5-14H2,1H3,(H,33,34,36). The van der Waals surface area contributed by atoms with Crippen molar-refractivity contribution in [2.75, 3.05) is 63.3 Å². The third kappa shape index (κ3) is 7.01. The van der Waals surface area contributed by atoms with E-state index in [2.05, 4.69) is 46.7 Å². The Kier molecular flexibility index (Phi) is 9.34. The van der Waals surface area contributed by atoms with Crippen molar-refractivity contribution in [1.29, 1.82) is 5.26 Å². The van der Waals surface area contributed by atoms with Crippen LogP contribution in [0.1, 0.15) is 24.8 Å². The first-order valence-electron chi connectivity index (χ1n) is 14.8. The number of nitrogens with zero attached hydrogens (tertiary/aromatic N) is 10. The van der Waals surface area contributed by atoms with E-state index in [4.69, 9.17) is 19.2 Å². The topological polar surface area (TPSA) is 152 Å². The van der Waals surface area contributed by atoms with Gasteiger partial charge in [-0.2, -0.15) is 5.26 Å². The molecule has 1 aromatic carbocycles. The smallest absolute Gasteiger partial charge is 0.227 e. The second-order valence-electron chi connectivity index (χ2n) is 10.6. The predicted molar refractivity (Wildman–Crippen MR) is 162 cm³/mol.